The smallest absolute Gasteiger partial charge is 0.255 e. The highest BCUT2D eigenvalue weighted by Gasteiger charge is 2.17. The van der Waals surface area contributed by atoms with Crippen LogP contribution in [-0.4, -0.2) is 23.0 Å². The van der Waals surface area contributed by atoms with Crippen LogP contribution in [-0.2, 0) is 6.54 Å². The molecular formula is C13H16N2O2S. The summed E-state index contributed by atoms with van der Waals surface area (Å²) in [5.41, 5.74) is 1.55. The van der Waals surface area contributed by atoms with Crippen molar-refractivity contribution in [2.45, 2.75) is 27.3 Å². The Hall–Kier alpha value is -1.62. The Bertz CT molecular complexity index is 571. The summed E-state index contributed by atoms with van der Waals surface area (Å²) in [6.07, 6.45) is 0. The van der Waals surface area contributed by atoms with Crippen LogP contribution >= 0.6 is 11.3 Å². The third-order valence-corrected chi connectivity index (χ3v) is 3.66. The highest BCUT2D eigenvalue weighted by Crippen LogP contribution is 2.22. The molecule has 0 aliphatic heterocycles. The summed E-state index contributed by atoms with van der Waals surface area (Å²) < 4.78 is 4.99. The van der Waals surface area contributed by atoms with Gasteiger partial charge < -0.3 is 9.42 Å². The topological polar surface area (TPSA) is 46.3 Å². The van der Waals surface area contributed by atoms with Crippen LogP contribution in [0.3, 0.4) is 0 Å². The van der Waals surface area contributed by atoms with Crippen molar-refractivity contribution < 1.29 is 9.32 Å². The quantitative estimate of drug-likeness (QED) is 0.856. The van der Waals surface area contributed by atoms with E-state index >= 15 is 0 Å². The molecule has 5 heteroatoms. The van der Waals surface area contributed by atoms with E-state index in [4.69, 9.17) is 4.52 Å². The molecule has 0 unspecified atom stereocenters. The number of hydrogen-bond donors (Lipinski definition) is 0. The molecular weight excluding hydrogens is 248 g/mol. The summed E-state index contributed by atoms with van der Waals surface area (Å²) >= 11 is 1.64. The number of carbonyl (C=O) groups excluding carboxylic acids is 1. The van der Waals surface area contributed by atoms with Gasteiger partial charge in [-0.15, -0.1) is 11.3 Å². The van der Waals surface area contributed by atoms with E-state index in [0.717, 1.165) is 26.8 Å². The minimum atomic E-state index is 0.0255. The van der Waals surface area contributed by atoms with E-state index in [1.807, 2.05) is 32.9 Å². The maximum atomic E-state index is 12.3. The summed E-state index contributed by atoms with van der Waals surface area (Å²) in [6.45, 7) is 6.28. The van der Waals surface area contributed by atoms with Crippen molar-refractivity contribution in [3.8, 4) is 0 Å². The molecule has 2 aromatic heterocycles. The van der Waals surface area contributed by atoms with Gasteiger partial charge in [-0.05, 0) is 26.8 Å². The van der Waals surface area contributed by atoms with Gasteiger partial charge in [0.25, 0.3) is 5.91 Å². The predicted octanol–water partition coefficient (Wildman–Crippen LogP) is 2.93. The Morgan fingerprint density at radius 3 is 2.61 bits per heavy atom. The summed E-state index contributed by atoms with van der Waals surface area (Å²) in [5, 5.41) is 3.89. The van der Waals surface area contributed by atoms with Crippen LogP contribution in [0.1, 0.15) is 31.6 Å². The van der Waals surface area contributed by atoms with E-state index in [9.17, 15) is 4.79 Å². The van der Waals surface area contributed by atoms with E-state index in [1.165, 1.54) is 0 Å². The van der Waals surface area contributed by atoms with Crippen molar-refractivity contribution in [2.75, 3.05) is 7.05 Å². The first kappa shape index (κ1) is 12.8. The maximum absolute atomic E-state index is 12.3. The number of amides is 1. The molecule has 4 nitrogen and oxygen atoms in total. The molecule has 0 aromatic carbocycles. The Labute approximate surface area is 110 Å². The van der Waals surface area contributed by atoms with Gasteiger partial charge in [0.2, 0.25) is 0 Å². The lowest BCUT2D eigenvalue weighted by atomic mass is 10.2. The van der Waals surface area contributed by atoms with Crippen molar-refractivity contribution in [3.05, 3.63) is 38.9 Å². The minimum Gasteiger partial charge on any atom is -0.361 e. The molecule has 0 atom stereocenters. The van der Waals surface area contributed by atoms with Gasteiger partial charge in [0, 0.05) is 22.9 Å². The molecule has 18 heavy (non-hydrogen) atoms. The summed E-state index contributed by atoms with van der Waals surface area (Å²) in [6, 6.07) is 3.78. The fraction of sp³-hybridized carbons (Fsp3) is 0.385. The Morgan fingerprint density at radius 2 is 2.11 bits per heavy atom. The summed E-state index contributed by atoms with van der Waals surface area (Å²) in [5.74, 6) is 0.783. The van der Waals surface area contributed by atoms with Crippen LogP contribution < -0.4 is 0 Å². The van der Waals surface area contributed by atoms with Crippen LogP contribution in [0, 0.1) is 20.8 Å². The van der Waals surface area contributed by atoms with Crippen molar-refractivity contribution in [1.29, 1.82) is 0 Å². The number of aromatic nitrogens is 1. The third-order valence-electron chi connectivity index (χ3n) is 2.69. The first-order chi connectivity index (χ1) is 8.47. The standard InChI is InChI=1S/C13H16N2O2S/c1-8-5-11(14-17-8)7-15(4)13(16)12-6-9(2)18-10(12)3/h5-6H,7H2,1-4H3. The Balaban J connectivity index is 2.11. The number of hydrogen-bond acceptors (Lipinski definition) is 4. The van der Waals surface area contributed by atoms with E-state index < -0.39 is 0 Å². The lowest BCUT2D eigenvalue weighted by Crippen LogP contribution is -2.26. The van der Waals surface area contributed by atoms with Crippen LogP contribution in [0.5, 0.6) is 0 Å². The van der Waals surface area contributed by atoms with Crippen LogP contribution in [0.4, 0.5) is 0 Å². The zero-order valence-corrected chi connectivity index (χ0v) is 11.8. The first-order valence-electron chi connectivity index (χ1n) is 5.72. The average Bonchev–Trinajstić information content (AvgIpc) is 2.84. The molecule has 2 rings (SSSR count). The lowest BCUT2D eigenvalue weighted by molar-refractivity contribution is 0.0782. The predicted molar refractivity (Wildman–Crippen MR) is 70.8 cm³/mol. The molecule has 96 valence electrons. The molecule has 2 heterocycles. The van der Waals surface area contributed by atoms with Crippen molar-refractivity contribution in [1.82, 2.24) is 10.1 Å². The van der Waals surface area contributed by atoms with Gasteiger partial charge in [0.15, 0.2) is 0 Å². The van der Waals surface area contributed by atoms with Crippen molar-refractivity contribution >= 4 is 17.2 Å². The van der Waals surface area contributed by atoms with Gasteiger partial charge in [0.1, 0.15) is 11.5 Å². The summed E-state index contributed by atoms with van der Waals surface area (Å²) in [4.78, 5) is 16.1. The van der Waals surface area contributed by atoms with Crippen LogP contribution in [0.15, 0.2) is 16.7 Å². The van der Waals surface area contributed by atoms with E-state index in [-0.39, 0.29) is 5.91 Å². The van der Waals surface area contributed by atoms with Crippen molar-refractivity contribution in [2.24, 2.45) is 0 Å². The zero-order chi connectivity index (χ0) is 13.3. The molecule has 0 radical (unpaired) electrons. The Kier molecular flexibility index (Phi) is 3.52. The fourth-order valence-corrected chi connectivity index (χ4v) is 2.77. The second-order valence-electron chi connectivity index (χ2n) is 4.42. The largest absolute Gasteiger partial charge is 0.361 e. The van der Waals surface area contributed by atoms with E-state index in [1.54, 1.807) is 23.3 Å². The molecule has 2 aromatic rings. The SMILES string of the molecule is Cc1cc(CN(C)C(=O)c2cc(C)sc2C)no1. The molecule has 0 aliphatic rings. The molecule has 0 bridgehead atoms. The number of rotatable bonds is 3. The fourth-order valence-electron chi connectivity index (χ4n) is 1.86. The average molecular weight is 264 g/mol. The van der Waals surface area contributed by atoms with Gasteiger partial charge in [0.05, 0.1) is 12.1 Å². The van der Waals surface area contributed by atoms with E-state index in [0.29, 0.717) is 6.54 Å². The number of thiophene rings is 1. The molecule has 0 fully saturated rings. The Morgan fingerprint density at radius 1 is 1.39 bits per heavy atom. The van der Waals surface area contributed by atoms with Crippen molar-refractivity contribution in [3.63, 3.8) is 0 Å². The normalized spacial score (nSPS) is 10.7. The second-order valence-corrected chi connectivity index (χ2v) is 5.88. The lowest BCUT2D eigenvalue weighted by Gasteiger charge is -2.15. The number of carbonyl (C=O) groups is 1. The molecule has 1 amide bonds. The molecule has 0 saturated heterocycles. The number of nitrogens with zero attached hydrogens (tertiary/aromatic N) is 2. The van der Waals surface area contributed by atoms with Gasteiger partial charge >= 0.3 is 0 Å². The summed E-state index contributed by atoms with van der Waals surface area (Å²) in [7, 11) is 1.78. The highest BCUT2D eigenvalue weighted by atomic mass is 32.1. The van der Waals surface area contributed by atoms with Gasteiger partial charge in [-0.2, -0.15) is 0 Å². The maximum Gasteiger partial charge on any atom is 0.255 e. The van der Waals surface area contributed by atoms with Crippen LogP contribution in [0.25, 0.3) is 0 Å². The number of aryl methyl sites for hydroxylation is 3. The molecule has 0 aliphatic carbocycles. The molecule has 0 N–H and O–H groups in total. The van der Waals surface area contributed by atoms with Gasteiger partial charge in [-0.25, -0.2) is 0 Å². The van der Waals surface area contributed by atoms with E-state index in [2.05, 4.69) is 5.16 Å². The third kappa shape index (κ3) is 2.61. The van der Waals surface area contributed by atoms with Gasteiger partial charge in [-0.3, -0.25) is 4.79 Å². The second kappa shape index (κ2) is 4.94. The van der Waals surface area contributed by atoms with Gasteiger partial charge in [-0.1, -0.05) is 5.16 Å². The first-order valence-corrected chi connectivity index (χ1v) is 6.53. The zero-order valence-electron chi connectivity index (χ0n) is 11.0. The molecule has 0 saturated carbocycles. The molecule has 0 spiro atoms. The monoisotopic (exact) mass is 264 g/mol. The minimum absolute atomic E-state index is 0.0255. The van der Waals surface area contributed by atoms with Crippen LogP contribution in [0.2, 0.25) is 0 Å². The highest BCUT2D eigenvalue weighted by molar-refractivity contribution is 7.12.